The van der Waals surface area contributed by atoms with Crippen LogP contribution in [-0.2, 0) is 17.8 Å². The Morgan fingerprint density at radius 3 is 3.00 bits per heavy atom. The number of anilines is 1. The standard InChI is InChI=1S/C15H17N5O/c1-2-13-10-12(4-3-7-16)5-6-14(13)18-15(21)11-20-9-8-17-19-20/h5-6,8-10H,2,7,11,16H2,1H3,(H,18,21). The zero-order chi connectivity index (χ0) is 15.1. The average Bonchev–Trinajstić information content (AvgIpc) is 2.98. The van der Waals surface area contributed by atoms with Crippen LogP contribution < -0.4 is 11.1 Å². The summed E-state index contributed by atoms with van der Waals surface area (Å²) in [5, 5.41) is 10.3. The Kier molecular flexibility index (Phi) is 5.07. The Morgan fingerprint density at radius 2 is 2.33 bits per heavy atom. The minimum atomic E-state index is -0.143. The van der Waals surface area contributed by atoms with Crippen LogP contribution >= 0.6 is 0 Å². The van der Waals surface area contributed by atoms with Crippen LogP contribution in [-0.4, -0.2) is 27.4 Å². The molecule has 0 spiro atoms. The summed E-state index contributed by atoms with van der Waals surface area (Å²) in [6.07, 6.45) is 3.98. The van der Waals surface area contributed by atoms with Crippen LogP contribution in [0.2, 0.25) is 0 Å². The van der Waals surface area contributed by atoms with Gasteiger partial charge in [-0.25, -0.2) is 4.68 Å². The third-order valence-electron chi connectivity index (χ3n) is 2.87. The maximum atomic E-state index is 12.0. The Hall–Kier alpha value is -2.65. The summed E-state index contributed by atoms with van der Waals surface area (Å²) in [6.45, 7) is 2.50. The lowest BCUT2D eigenvalue weighted by Crippen LogP contribution is -2.20. The molecule has 0 aliphatic carbocycles. The summed E-state index contributed by atoms with van der Waals surface area (Å²) in [4.78, 5) is 12.0. The molecule has 0 saturated carbocycles. The second kappa shape index (κ2) is 7.22. The number of aryl methyl sites for hydroxylation is 1. The smallest absolute Gasteiger partial charge is 0.246 e. The van der Waals surface area contributed by atoms with Gasteiger partial charge in [0.05, 0.1) is 12.7 Å². The van der Waals surface area contributed by atoms with Crippen molar-refractivity contribution in [3.05, 3.63) is 41.7 Å². The van der Waals surface area contributed by atoms with Crippen LogP contribution in [0.1, 0.15) is 18.1 Å². The number of carbonyl (C=O) groups is 1. The third-order valence-corrected chi connectivity index (χ3v) is 2.87. The number of aromatic nitrogens is 3. The molecule has 0 bridgehead atoms. The molecule has 3 N–H and O–H groups in total. The Labute approximate surface area is 123 Å². The SMILES string of the molecule is CCc1cc(C#CCN)ccc1NC(=O)Cn1ccnn1. The zero-order valence-corrected chi connectivity index (χ0v) is 11.8. The van der Waals surface area contributed by atoms with Gasteiger partial charge in [0, 0.05) is 17.4 Å². The van der Waals surface area contributed by atoms with Gasteiger partial charge in [0.1, 0.15) is 6.54 Å². The van der Waals surface area contributed by atoms with Crippen molar-refractivity contribution in [3.8, 4) is 11.8 Å². The molecule has 6 nitrogen and oxygen atoms in total. The molecule has 0 radical (unpaired) electrons. The predicted octanol–water partition coefficient (Wildman–Crippen LogP) is 0.789. The molecule has 0 fully saturated rings. The summed E-state index contributed by atoms with van der Waals surface area (Å²) in [7, 11) is 0. The lowest BCUT2D eigenvalue weighted by atomic mass is 10.1. The van der Waals surface area contributed by atoms with Gasteiger partial charge in [0.2, 0.25) is 5.91 Å². The number of hydrogen-bond donors (Lipinski definition) is 2. The van der Waals surface area contributed by atoms with Crippen molar-refractivity contribution in [2.24, 2.45) is 5.73 Å². The van der Waals surface area contributed by atoms with Crippen LogP contribution in [0.15, 0.2) is 30.6 Å². The largest absolute Gasteiger partial charge is 0.324 e. The van der Waals surface area contributed by atoms with Crippen LogP contribution in [0.4, 0.5) is 5.69 Å². The van der Waals surface area contributed by atoms with Crippen LogP contribution in [0.5, 0.6) is 0 Å². The van der Waals surface area contributed by atoms with Crippen molar-refractivity contribution in [1.82, 2.24) is 15.0 Å². The summed E-state index contributed by atoms with van der Waals surface area (Å²) >= 11 is 0. The molecule has 0 atom stereocenters. The first-order chi connectivity index (χ1) is 10.2. The fourth-order valence-corrected chi connectivity index (χ4v) is 1.89. The molecule has 108 valence electrons. The van der Waals surface area contributed by atoms with E-state index in [9.17, 15) is 4.79 Å². The van der Waals surface area contributed by atoms with Crippen molar-refractivity contribution in [3.63, 3.8) is 0 Å². The number of rotatable bonds is 4. The highest BCUT2D eigenvalue weighted by molar-refractivity contribution is 5.91. The highest BCUT2D eigenvalue weighted by Crippen LogP contribution is 2.18. The van der Waals surface area contributed by atoms with E-state index in [1.54, 1.807) is 6.20 Å². The first-order valence-corrected chi connectivity index (χ1v) is 6.68. The topological polar surface area (TPSA) is 85.8 Å². The van der Waals surface area contributed by atoms with E-state index < -0.39 is 0 Å². The van der Waals surface area contributed by atoms with Gasteiger partial charge in [-0.1, -0.05) is 24.0 Å². The monoisotopic (exact) mass is 283 g/mol. The molecule has 2 rings (SSSR count). The quantitative estimate of drug-likeness (QED) is 0.812. The van der Waals surface area contributed by atoms with E-state index in [4.69, 9.17) is 5.73 Å². The van der Waals surface area contributed by atoms with E-state index >= 15 is 0 Å². The molecule has 1 heterocycles. The summed E-state index contributed by atoms with van der Waals surface area (Å²) in [5.74, 6) is 5.66. The molecule has 1 amide bonds. The summed E-state index contributed by atoms with van der Waals surface area (Å²) < 4.78 is 1.47. The lowest BCUT2D eigenvalue weighted by molar-refractivity contribution is -0.116. The van der Waals surface area contributed by atoms with E-state index in [1.807, 2.05) is 25.1 Å². The van der Waals surface area contributed by atoms with E-state index in [1.165, 1.54) is 10.9 Å². The van der Waals surface area contributed by atoms with Gasteiger partial charge < -0.3 is 11.1 Å². The number of nitrogens with two attached hydrogens (primary N) is 1. The molecule has 1 aromatic heterocycles. The lowest BCUT2D eigenvalue weighted by Gasteiger charge is -2.10. The highest BCUT2D eigenvalue weighted by atomic mass is 16.2. The van der Waals surface area contributed by atoms with E-state index in [-0.39, 0.29) is 12.5 Å². The number of nitrogens with zero attached hydrogens (tertiary/aromatic N) is 3. The number of nitrogens with one attached hydrogen (secondary N) is 1. The molecule has 0 aliphatic rings. The highest BCUT2D eigenvalue weighted by Gasteiger charge is 2.07. The van der Waals surface area contributed by atoms with Crippen molar-refractivity contribution in [1.29, 1.82) is 0 Å². The van der Waals surface area contributed by atoms with E-state index in [2.05, 4.69) is 27.5 Å². The Bertz CT molecular complexity index is 667. The number of carbonyl (C=O) groups excluding carboxylic acids is 1. The first-order valence-electron chi connectivity index (χ1n) is 6.68. The van der Waals surface area contributed by atoms with E-state index in [0.29, 0.717) is 6.54 Å². The van der Waals surface area contributed by atoms with Crippen LogP contribution in [0.3, 0.4) is 0 Å². The number of amides is 1. The fourth-order valence-electron chi connectivity index (χ4n) is 1.89. The van der Waals surface area contributed by atoms with Crippen molar-refractivity contribution in [2.75, 3.05) is 11.9 Å². The Morgan fingerprint density at radius 1 is 1.48 bits per heavy atom. The molecule has 2 aromatic rings. The normalized spacial score (nSPS) is 9.81. The second-order valence-corrected chi connectivity index (χ2v) is 4.38. The number of benzene rings is 1. The van der Waals surface area contributed by atoms with Crippen LogP contribution in [0.25, 0.3) is 0 Å². The maximum Gasteiger partial charge on any atom is 0.246 e. The molecular weight excluding hydrogens is 266 g/mol. The van der Waals surface area contributed by atoms with Crippen molar-refractivity contribution in [2.45, 2.75) is 19.9 Å². The van der Waals surface area contributed by atoms with Crippen molar-refractivity contribution >= 4 is 11.6 Å². The number of hydrogen-bond acceptors (Lipinski definition) is 4. The third kappa shape index (κ3) is 4.16. The molecule has 1 aromatic carbocycles. The van der Waals surface area contributed by atoms with Gasteiger partial charge in [-0.15, -0.1) is 5.10 Å². The first kappa shape index (κ1) is 14.8. The molecular formula is C15H17N5O. The summed E-state index contributed by atoms with van der Waals surface area (Å²) in [6, 6.07) is 5.69. The van der Waals surface area contributed by atoms with Gasteiger partial charge >= 0.3 is 0 Å². The minimum Gasteiger partial charge on any atom is -0.324 e. The molecule has 0 saturated heterocycles. The maximum absolute atomic E-state index is 12.0. The van der Waals surface area contributed by atoms with Gasteiger partial charge in [-0.3, -0.25) is 4.79 Å². The molecule has 6 heteroatoms. The fraction of sp³-hybridized carbons (Fsp3) is 0.267. The molecule has 21 heavy (non-hydrogen) atoms. The minimum absolute atomic E-state index is 0.137. The molecule has 0 aliphatic heterocycles. The summed E-state index contributed by atoms with van der Waals surface area (Å²) in [5.41, 5.74) is 8.08. The average molecular weight is 283 g/mol. The predicted molar refractivity (Wildman–Crippen MR) is 80.4 cm³/mol. The van der Waals surface area contributed by atoms with Crippen molar-refractivity contribution < 1.29 is 4.79 Å². The van der Waals surface area contributed by atoms with E-state index in [0.717, 1.165) is 23.2 Å². The van der Waals surface area contributed by atoms with Gasteiger partial charge in [0.15, 0.2) is 0 Å². The second-order valence-electron chi connectivity index (χ2n) is 4.38. The zero-order valence-electron chi connectivity index (χ0n) is 11.8. The van der Waals surface area contributed by atoms with Gasteiger partial charge in [-0.05, 0) is 30.2 Å². The molecule has 0 unspecified atom stereocenters. The van der Waals surface area contributed by atoms with Crippen LogP contribution in [0, 0.1) is 11.8 Å². The Balaban J connectivity index is 2.10. The van der Waals surface area contributed by atoms with Gasteiger partial charge in [-0.2, -0.15) is 0 Å². The van der Waals surface area contributed by atoms with Gasteiger partial charge in [0.25, 0.3) is 0 Å².